The molecule has 1 aromatic rings. The van der Waals surface area contributed by atoms with Gasteiger partial charge in [-0.2, -0.15) is 8.42 Å². The molecule has 164 valence electrons. The molecule has 0 radical (unpaired) electrons. The highest BCUT2D eigenvalue weighted by atomic mass is 35.5. The van der Waals surface area contributed by atoms with Crippen molar-refractivity contribution in [3.05, 3.63) is 51.9 Å². The number of ether oxygens (including phenoxy) is 1. The Balaban J connectivity index is 1.83. The SMILES string of the molecule is COCCN(Cc1cc(Cl)ccc1OS(=O)(=O)C1=CCC(F)C=C1)C(=O)C1CCC1. The molecule has 1 unspecified atom stereocenters. The lowest BCUT2D eigenvalue weighted by Gasteiger charge is -2.32. The van der Waals surface area contributed by atoms with Gasteiger partial charge in [0.25, 0.3) is 0 Å². The molecule has 1 saturated carbocycles. The second-order valence-corrected chi connectivity index (χ2v) is 9.37. The number of allylic oxidation sites excluding steroid dienone is 3. The molecule has 9 heteroatoms. The molecule has 0 bridgehead atoms. The summed E-state index contributed by atoms with van der Waals surface area (Å²) in [7, 11) is -2.59. The van der Waals surface area contributed by atoms with Crippen LogP contribution in [0.3, 0.4) is 0 Å². The predicted molar refractivity (Wildman–Crippen MR) is 112 cm³/mol. The molecule has 0 N–H and O–H groups in total. The molecule has 6 nitrogen and oxygen atoms in total. The predicted octanol–water partition coefficient (Wildman–Crippen LogP) is 4.01. The van der Waals surface area contributed by atoms with E-state index in [0.29, 0.717) is 23.7 Å². The van der Waals surface area contributed by atoms with E-state index in [2.05, 4.69) is 0 Å². The number of carbonyl (C=O) groups is 1. The smallest absolute Gasteiger partial charge is 0.338 e. The van der Waals surface area contributed by atoms with Crippen molar-refractivity contribution in [2.24, 2.45) is 5.92 Å². The number of rotatable bonds is 9. The van der Waals surface area contributed by atoms with Gasteiger partial charge in [0.05, 0.1) is 6.61 Å². The maximum absolute atomic E-state index is 13.3. The summed E-state index contributed by atoms with van der Waals surface area (Å²) in [4.78, 5) is 14.4. The van der Waals surface area contributed by atoms with Crippen LogP contribution in [0.4, 0.5) is 4.39 Å². The average Bonchev–Trinajstić information content (AvgIpc) is 2.66. The summed E-state index contributed by atoms with van der Waals surface area (Å²) in [5, 5.41) is 0.398. The highest BCUT2D eigenvalue weighted by Gasteiger charge is 2.30. The van der Waals surface area contributed by atoms with Crippen LogP contribution in [-0.2, 0) is 26.2 Å². The van der Waals surface area contributed by atoms with E-state index in [1.165, 1.54) is 30.4 Å². The van der Waals surface area contributed by atoms with E-state index in [1.807, 2.05) is 0 Å². The molecule has 0 spiro atoms. The first-order valence-corrected chi connectivity index (χ1v) is 11.6. The third kappa shape index (κ3) is 5.62. The lowest BCUT2D eigenvalue weighted by molar-refractivity contribution is -0.139. The monoisotopic (exact) mass is 457 g/mol. The number of alkyl halides is 1. The van der Waals surface area contributed by atoms with Crippen molar-refractivity contribution in [1.29, 1.82) is 0 Å². The molecule has 1 aromatic carbocycles. The minimum atomic E-state index is -4.14. The van der Waals surface area contributed by atoms with Crippen LogP contribution in [0.1, 0.15) is 31.2 Å². The van der Waals surface area contributed by atoms with Crippen molar-refractivity contribution >= 4 is 27.6 Å². The van der Waals surface area contributed by atoms with Gasteiger partial charge in [0.2, 0.25) is 5.91 Å². The Kier molecular flexibility index (Phi) is 7.55. The second-order valence-electron chi connectivity index (χ2n) is 7.39. The van der Waals surface area contributed by atoms with Crippen molar-refractivity contribution in [2.45, 2.75) is 38.4 Å². The van der Waals surface area contributed by atoms with Gasteiger partial charge < -0.3 is 13.8 Å². The summed E-state index contributed by atoms with van der Waals surface area (Å²) < 4.78 is 49.1. The lowest BCUT2D eigenvalue weighted by Crippen LogP contribution is -2.40. The summed E-state index contributed by atoms with van der Waals surface area (Å²) in [6.07, 6.45) is 5.18. The highest BCUT2D eigenvalue weighted by Crippen LogP contribution is 2.32. The molecule has 0 aromatic heterocycles. The number of amides is 1. The fourth-order valence-corrected chi connectivity index (χ4v) is 4.50. The average molecular weight is 458 g/mol. The lowest BCUT2D eigenvalue weighted by atomic mass is 9.84. The van der Waals surface area contributed by atoms with Gasteiger partial charge in [-0.3, -0.25) is 4.79 Å². The summed E-state index contributed by atoms with van der Waals surface area (Å²) in [5.74, 6) is 0.0826. The zero-order valence-corrected chi connectivity index (χ0v) is 18.3. The second kappa shape index (κ2) is 9.94. The third-order valence-electron chi connectivity index (χ3n) is 5.22. The van der Waals surface area contributed by atoms with E-state index in [0.717, 1.165) is 19.3 Å². The van der Waals surface area contributed by atoms with Crippen LogP contribution in [0.2, 0.25) is 5.02 Å². The van der Waals surface area contributed by atoms with Crippen LogP contribution in [0.15, 0.2) is 41.3 Å². The zero-order chi connectivity index (χ0) is 21.7. The minimum absolute atomic E-state index is 0.0130. The van der Waals surface area contributed by atoms with Crippen molar-refractivity contribution in [3.63, 3.8) is 0 Å². The van der Waals surface area contributed by atoms with Crippen LogP contribution in [0, 0.1) is 5.92 Å². The van der Waals surface area contributed by atoms with Gasteiger partial charge in [0.1, 0.15) is 16.8 Å². The van der Waals surface area contributed by atoms with E-state index >= 15 is 0 Å². The van der Waals surface area contributed by atoms with E-state index in [9.17, 15) is 17.6 Å². The standard InChI is InChI=1S/C21H25ClFNO5S/c1-28-12-11-24(21(25)15-3-2-4-15)14-16-13-17(22)5-10-20(16)29-30(26,27)19-8-6-18(23)7-9-19/h5-6,8-10,13,15,18H,2-4,7,11-12,14H2,1H3. The fourth-order valence-electron chi connectivity index (χ4n) is 3.27. The van der Waals surface area contributed by atoms with Crippen LogP contribution >= 0.6 is 11.6 Å². The maximum atomic E-state index is 13.3. The summed E-state index contributed by atoms with van der Waals surface area (Å²) in [6.45, 7) is 0.872. The van der Waals surface area contributed by atoms with Gasteiger partial charge in [-0.1, -0.05) is 24.1 Å². The third-order valence-corrected chi connectivity index (χ3v) is 6.73. The van der Waals surface area contributed by atoms with Crippen molar-refractivity contribution in [3.8, 4) is 5.75 Å². The van der Waals surface area contributed by atoms with Gasteiger partial charge in [0.15, 0.2) is 0 Å². The molecule has 3 rings (SSSR count). The van der Waals surface area contributed by atoms with Gasteiger partial charge in [-0.25, -0.2) is 4.39 Å². The summed E-state index contributed by atoms with van der Waals surface area (Å²) >= 11 is 6.12. The molecule has 0 heterocycles. The molecule has 1 atom stereocenters. The Labute approximate surface area is 181 Å². The number of carbonyl (C=O) groups excluding carboxylic acids is 1. The number of hydrogen-bond donors (Lipinski definition) is 0. The van der Waals surface area contributed by atoms with Gasteiger partial charge >= 0.3 is 10.1 Å². The Bertz CT molecular complexity index is 943. The van der Waals surface area contributed by atoms with E-state index < -0.39 is 16.3 Å². The van der Waals surface area contributed by atoms with Crippen molar-refractivity contribution in [1.82, 2.24) is 4.90 Å². The fraction of sp³-hybridized carbons (Fsp3) is 0.476. The first kappa shape index (κ1) is 22.8. The Morgan fingerprint density at radius 3 is 2.70 bits per heavy atom. The molecule has 2 aliphatic carbocycles. The normalized spacial score (nSPS) is 19.2. The number of hydrogen-bond acceptors (Lipinski definition) is 5. The van der Waals surface area contributed by atoms with Crippen molar-refractivity contribution in [2.75, 3.05) is 20.3 Å². The maximum Gasteiger partial charge on any atom is 0.338 e. The largest absolute Gasteiger partial charge is 0.383 e. The quantitative estimate of drug-likeness (QED) is 0.524. The first-order valence-electron chi connectivity index (χ1n) is 9.83. The molecule has 0 saturated heterocycles. The van der Waals surface area contributed by atoms with Crippen LogP contribution < -0.4 is 4.18 Å². The first-order chi connectivity index (χ1) is 14.3. The Morgan fingerprint density at radius 1 is 1.33 bits per heavy atom. The molecule has 2 aliphatic rings. The summed E-state index contributed by atoms with van der Waals surface area (Å²) in [5.41, 5.74) is 0.471. The van der Waals surface area contributed by atoms with Crippen LogP contribution in [-0.4, -0.2) is 45.7 Å². The van der Waals surface area contributed by atoms with Crippen LogP contribution in [0.25, 0.3) is 0 Å². The number of benzene rings is 1. The molecular formula is C21H25ClFNO5S. The van der Waals surface area contributed by atoms with E-state index in [1.54, 1.807) is 18.1 Å². The molecule has 30 heavy (non-hydrogen) atoms. The minimum Gasteiger partial charge on any atom is -0.383 e. The topological polar surface area (TPSA) is 72.9 Å². The Hall–Kier alpha value is -1.90. The van der Waals surface area contributed by atoms with Gasteiger partial charge in [0, 0.05) is 43.1 Å². The van der Waals surface area contributed by atoms with E-state index in [-0.39, 0.29) is 35.4 Å². The van der Waals surface area contributed by atoms with Gasteiger partial charge in [-0.15, -0.1) is 0 Å². The highest BCUT2D eigenvalue weighted by molar-refractivity contribution is 7.91. The zero-order valence-electron chi connectivity index (χ0n) is 16.7. The molecule has 1 amide bonds. The molecular weight excluding hydrogens is 433 g/mol. The number of methoxy groups -OCH3 is 1. The number of halogens is 2. The van der Waals surface area contributed by atoms with Crippen molar-refractivity contribution < 1.29 is 26.5 Å². The Morgan fingerprint density at radius 2 is 2.10 bits per heavy atom. The summed E-state index contributed by atoms with van der Waals surface area (Å²) in [6, 6.07) is 4.57. The number of nitrogens with zero attached hydrogens (tertiary/aromatic N) is 1. The molecule has 0 aliphatic heterocycles. The van der Waals surface area contributed by atoms with Gasteiger partial charge in [-0.05, 0) is 43.2 Å². The van der Waals surface area contributed by atoms with Crippen LogP contribution in [0.5, 0.6) is 5.75 Å². The molecule has 1 fully saturated rings. The van der Waals surface area contributed by atoms with E-state index in [4.69, 9.17) is 20.5 Å².